The average molecular weight is 439 g/mol. The maximum absolute atomic E-state index is 12.6. The van der Waals surface area contributed by atoms with Gasteiger partial charge in [-0.15, -0.1) is 0 Å². The molecule has 0 unspecified atom stereocenters. The Morgan fingerprint density at radius 1 is 1.04 bits per heavy atom. The van der Waals surface area contributed by atoms with Gasteiger partial charge in [-0.3, -0.25) is 14.9 Å². The molecule has 0 bridgehead atoms. The van der Waals surface area contributed by atoms with Crippen LogP contribution in [0.25, 0.3) is 27.7 Å². The summed E-state index contributed by atoms with van der Waals surface area (Å²) in [6.45, 7) is 2.75. The highest BCUT2D eigenvalue weighted by Crippen LogP contribution is 2.40. The van der Waals surface area contributed by atoms with Crippen LogP contribution in [0.5, 0.6) is 5.75 Å². The van der Waals surface area contributed by atoms with Gasteiger partial charge in [-0.05, 0) is 46.1 Å². The van der Waals surface area contributed by atoms with Crippen molar-refractivity contribution in [1.82, 2.24) is 10.3 Å². The third-order valence-corrected chi connectivity index (χ3v) is 5.48. The van der Waals surface area contributed by atoms with E-state index in [4.69, 9.17) is 4.74 Å². The van der Waals surface area contributed by atoms with E-state index in [9.17, 15) is 9.59 Å². The van der Waals surface area contributed by atoms with Gasteiger partial charge < -0.3 is 9.72 Å². The maximum atomic E-state index is 12.6. The van der Waals surface area contributed by atoms with Gasteiger partial charge in [0.15, 0.2) is 0 Å². The lowest BCUT2D eigenvalue weighted by Crippen LogP contribution is -2.22. The predicted octanol–water partition coefficient (Wildman–Crippen LogP) is 4.78. The van der Waals surface area contributed by atoms with Gasteiger partial charge in [-0.25, -0.2) is 0 Å². The van der Waals surface area contributed by atoms with Gasteiger partial charge in [-0.1, -0.05) is 43.7 Å². The van der Waals surface area contributed by atoms with Crippen molar-refractivity contribution in [1.29, 1.82) is 0 Å². The van der Waals surface area contributed by atoms with Crippen molar-refractivity contribution in [3.05, 3.63) is 58.6 Å². The minimum absolute atomic E-state index is 0.243. The van der Waals surface area contributed by atoms with Crippen LogP contribution >= 0.6 is 15.9 Å². The summed E-state index contributed by atoms with van der Waals surface area (Å²) >= 11 is 3.30. The molecule has 2 heterocycles. The number of hydrogen-bond donors (Lipinski definition) is 2. The minimum Gasteiger partial charge on any atom is -0.494 e. The predicted molar refractivity (Wildman–Crippen MR) is 113 cm³/mol. The van der Waals surface area contributed by atoms with Gasteiger partial charge in [0, 0.05) is 16.5 Å². The lowest BCUT2D eigenvalue weighted by molar-refractivity contribution is -0.123. The number of rotatable bonds is 6. The van der Waals surface area contributed by atoms with Crippen molar-refractivity contribution in [2.75, 3.05) is 6.61 Å². The summed E-state index contributed by atoms with van der Waals surface area (Å²) in [7, 11) is 0. The van der Waals surface area contributed by atoms with E-state index in [1.807, 2.05) is 48.5 Å². The van der Waals surface area contributed by atoms with Crippen molar-refractivity contribution in [2.45, 2.75) is 19.8 Å². The fraction of sp³-hybridized carbons (Fsp3) is 0.182. The number of ether oxygens (including phenoxy) is 1. The lowest BCUT2D eigenvalue weighted by atomic mass is 9.98. The van der Waals surface area contributed by atoms with Gasteiger partial charge in [0.05, 0.1) is 22.4 Å². The summed E-state index contributed by atoms with van der Waals surface area (Å²) < 4.78 is 6.10. The summed E-state index contributed by atoms with van der Waals surface area (Å²) in [4.78, 5) is 28.0. The molecule has 142 valence electrons. The first kappa shape index (κ1) is 18.5. The van der Waals surface area contributed by atoms with Crippen LogP contribution < -0.4 is 10.1 Å². The van der Waals surface area contributed by atoms with Crippen molar-refractivity contribution in [3.8, 4) is 17.0 Å². The largest absolute Gasteiger partial charge is 0.494 e. The van der Waals surface area contributed by atoms with E-state index in [0.717, 1.165) is 40.8 Å². The number of benzene rings is 2. The molecule has 0 fully saturated rings. The van der Waals surface area contributed by atoms with E-state index in [1.54, 1.807) is 0 Å². The molecule has 28 heavy (non-hydrogen) atoms. The first-order chi connectivity index (χ1) is 13.6. The van der Waals surface area contributed by atoms with Gasteiger partial charge in [-0.2, -0.15) is 0 Å². The molecule has 3 aromatic rings. The molecule has 2 amide bonds. The number of amides is 2. The summed E-state index contributed by atoms with van der Waals surface area (Å²) in [6, 6.07) is 15.5. The zero-order valence-corrected chi connectivity index (χ0v) is 16.9. The third-order valence-electron chi connectivity index (χ3n) is 4.72. The van der Waals surface area contributed by atoms with Crippen LogP contribution in [0, 0.1) is 0 Å². The fourth-order valence-corrected chi connectivity index (χ4v) is 3.81. The molecule has 4 rings (SSSR count). The van der Waals surface area contributed by atoms with E-state index in [0.29, 0.717) is 17.7 Å². The van der Waals surface area contributed by atoms with Crippen LogP contribution in [0.1, 0.15) is 25.3 Å². The molecular weight excluding hydrogens is 420 g/mol. The highest BCUT2D eigenvalue weighted by atomic mass is 79.9. The second-order valence-corrected chi connectivity index (χ2v) is 7.42. The molecule has 5 nitrogen and oxygen atoms in total. The molecule has 0 spiro atoms. The first-order valence-corrected chi connectivity index (χ1v) is 9.99. The van der Waals surface area contributed by atoms with Gasteiger partial charge in [0.1, 0.15) is 5.75 Å². The number of hydrogen-bond acceptors (Lipinski definition) is 3. The van der Waals surface area contributed by atoms with Crippen LogP contribution in [-0.2, 0) is 9.59 Å². The zero-order valence-electron chi connectivity index (χ0n) is 15.3. The number of H-pyrrole nitrogens is 1. The van der Waals surface area contributed by atoms with Gasteiger partial charge in [0.25, 0.3) is 11.8 Å². The SMILES string of the molecule is CCCCOc1ccc2[nH]c(-c3ccccc3)c(C3=C(Br)C(=O)NC3=O)c2c1. The van der Waals surface area contributed by atoms with Crippen LogP contribution in [0.2, 0.25) is 0 Å². The molecule has 6 heteroatoms. The van der Waals surface area contributed by atoms with Gasteiger partial charge in [0.2, 0.25) is 0 Å². The molecule has 0 aliphatic carbocycles. The normalized spacial score (nSPS) is 14.1. The van der Waals surface area contributed by atoms with Crippen molar-refractivity contribution >= 4 is 44.2 Å². The Hall–Kier alpha value is -2.86. The molecule has 0 saturated carbocycles. The first-order valence-electron chi connectivity index (χ1n) is 9.20. The van der Waals surface area contributed by atoms with Crippen LogP contribution in [0.15, 0.2) is 53.0 Å². The third kappa shape index (κ3) is 3.24. The number of imide groups is 1. The number of carbonyl (C=O) groups is 2. The average Bonchev–Trinajstić information content (AvgIpc) is 3.19. The second kappa shape index (κ2) is 7.64. The molecule has 1 aromatic heterocycles. The Bertz CT molecular complexity index is 1100. The van der Waals surface area contributed by atoms with E-state index < -0.39 is 11.8 Å². The smallest absolute Gasteiger partial charge is 0.265 e. The number of halogens is 1. The van der Waals surface area contributed by atoms with Crippen molar-refractivity contribution < 1.29 is 14.3 Å². The monoisotopic (exact) mass is 438 g/mol. The maximum Gasteiger partial charge on any atom is 0.265 e. The van der Waals surface area contributed by atoms with E-state index in [-0.39, 0.29) is 4.48 Å². The van der Waals surface area contributed by atoms with Crippen LogP contribution in [-0.4, -0.2) is 23.4 Å². The number of aromatic nitrogens is 1. The second-order valence-electron chi connectivity index (χ2n) is 6.62. The Labute approximate surface area is 170 Å². The topological polar surface area (TPSA) is 71.2 Å². The highest BCUT2D eigenvalue weighted by Gasteiger charge is 2.33. The summed E-state index contributed by atoms with van der Waals surface area (Å²) in [5, 5.41) is 3.20. The van der Waals surface area contributed by atoms with Crippen molar-refractivity contribution in [2.24, 2.45) is 0 Å². The van der Waals surface area contributed by atoms with Gasteiger partial charge >= 0.3 is 0 Å². The Morgan fingerprint density at radius 2 is 1.82 bits per heavy atom. The van der Waals surface area contributed by atoms with Crippen LogP contribution in [0.3, 0.4) is 0 Å². The van der Waals surface area contributed by atoms with E-state index >= 15 is 0 Å². The number of nitrogens with one attached hydrogen (secondary N) is 2. The molecule has 1 aliphatic heterocycles. The quantitative estimate of drug-likeness (QED) is 0.429. The molecule has 1 aliphatic rings. The lowest BCUT2D eigenvalue weighted by Gasteiger charge is -2.07. The number of carbonyl (C=O) groups excluding carboxylic acids is 2. The van der Waals surface area contributed by atoms with E-state index in [2.05, 4.69) is 33.2 Å². The molecule has 2 N–H and O–H groups in total. The summed E-state index contributed by atoms with van der Waals surface area (Å²) in [6.07, 6.45) is 2.03. The Kier molecular flexibility index (Phi) is 5.05. The molecule has 2 aromatic carbocycles. The Morgan fingerprint density at radius 3 is 2.50 bits per heavy atom. The molecular formula is C22H19BrN2O3. The van der Waals surface area contributed by atoms with E-state index in [1.165, 1.54) is 0 Å². The molecule has 0 saturated heterocycles. The summed E-state index contributed by atoms with van der Waals surface area (Å²) in [5.41, 5.74) is 3.62. The number of fused-ring (bicyclic) bond motifs is 1. The standard InChI is InChI=1S/C22H19BrN2O3/c1-2-3-11-28-14-9-10-16-15(12-14)17(18-19(23)22(27)25-21(18)26)20(24-16)13-7-5-4-6-8-13/h4-10,12,24H,2-3,11H2,1H3,(H,25,26,27). The molecule has 0 atom stereocenters. The molecule has 0 radical (unpaired) electrons. The highest BCUT2D eigenvalue weighted by molar-refractivity contribution is 9.12. The Balaban J connectivity index is 1.94. The number of aromatic amines is 1. The number of unbranched alkanes of at least 4 members (excludes halogenated alkanes) is 1. The summed E-state index contributed by atoms with van der Waals surface area (Å²) in [5.74, 6) is -0.0989. The van der Waals surface area contributed by atoms with Crippen molar-refractivity contribution in [3.63, 3.8) is 0 Å². The fourth-order valence-electron chi connectivity index (χ4n) is 3.33. The minimum atomic E-state index is -0.427. The zero-order chi connectivity index (χ0) is 19.7. The van der Waals surface area contributed by atoms with Crippen LogP contribution in [0.4, 0.5) is 0 Å².